The third-order valence-corrected chi connectivity index (χ3v) is 6.05. The second-order valence-electron chi connectivity index (χ2n) is 6.30. The number of amides is 1. The molecule has 0 aliphatic rings. The molecule has 9 heteroatoms. The Labute approximate surface area is 174 Å². The predicted molar refractivity (Wildman–Crippen MR) is 112 cm³/mol. The summed E-state index contributed by atoms with van der Waals surface area (Å²) in [5.74, 6) is -0.883. The number of aromatic nitrogens is 2. The number of ether oxygens (including phenoxy) is 1. The van der Waals surface area contributed by atoms with Crippen molar-refractivity contribution in [2.45, 2.75) is 18.7 Å². The van der Waals surface area contributed by atoms with Gasteiger partial charge in [-0.2, -0.15) is 5.10 Å². The van der Waals surface area contributed by atoms with Crippen LogP contribution in [0.15, 0.2) is 65.7 Å². The van der Waals surface area contributed by atoms with Crippen molar-refractivity contribution >= 4 is 27.4 Å². The number of nitrogens with one attached hydrogen (secondary N) is 1. The van der Waals surface area contributed by atoms with Crippen molar-refractivity contribution in [1.82, 2.24) is 9.78 Å². The first-order chi connectivity index (χ1) is 14.3. The number of carbonyl (C=O) groups is 2. The van der Waals surface area contributed by atoms with Gasteiger partial charge < -0.3 is 10.1 Å². The first kappa shape index (κ1) is 21.3. The van der Waals surface area contributed by atoms with E-state index in [0.717, 1.165) is 0 Å². The molecule has 0 aliphatic heterocycles. The number of nitrogens with zero attached hydrogens (tertiary/aromatic N) is 2. The quantitative estimate of drug-likeness (QED) is 0.581. The number of rotatable bonds is 7. The molecule has 0 aliphatic carbocycles. The average molecular weight is 427 g/mol. The number of hydrogen-bond donors (Lipinski definition) is 1. The van der Waals surface area contributed by atoms with Gasteiger partial charge in [0.15, 0.2) is 15.5 Å². The standard InChI is InChI=1S/C21H21N3O5S/c1-3-29-21(26)19-12-13-24(23-19)17-7-5-6-16(14-17)22-20(25)15-8-10-18(11-9-15)30(27,28)4-2/h5-14H,3-4H2,1-2H3,(H,22,25). The van der Waals surface area contributed by atoms with Crippen LogP contribution in [0.1, 0.15) is 34.7 Å². The van der Waals surface area contributed by atoms with E-state index in [1.54, 1.807) is 50.4 Å². The van der Waals surface area contributed by atoms with E-state index in [1.807, 2.05) is 0 Å². The Morgan fingerprint density at radius 3 is 2.47 bits per heavy atom. The number of esters is 1. The van der Waals surface area contributed by atoms with Crippen LogP contribution < -0.4 is 5.32 Å². The summed E-state index contributed by atoms with van der Waals surface area (Å²) in [4.78, 5) is 24.5. The van der Waals surface area contributed by atoms with Crippen molar-refractivity contribution in [3.05, 3.63) is 72.1 Å². The topological polar surface area (TPSA) is 107 Å². The summed E-state index contributed by atoms with van der Waals surface area (Å²) < 4.78 is 30.2. The van der Waals surface area contributed by atoms with Gasteiger partial charge in [0, 0.05) is 17.4 Å². The lowest BCUT2D eigenvalue weighted by Crippen LogP contribution is -2.13. The van der Waals surface area contributed by atoms with Gasteiger partial charge in [0.25, 0.3) is 5.91 Å². The molecule has 1 heterocycles. The SMILES string of the molecule is CCOC(=O)c1ccn(-c2cccc(NC(=O)c3ccc(S(=O)(=O)CC)cc3)c2)n1. The molecule has 1 aromatic heterocycles. The second kappa shape index (κ2) is 8.91. The Balaban J connectivity index is 1.75. The predicted octanol–water partition coefficient (Wildman–Crippen LogP) is 3.09. The highest BCUT2D eigenvalue weighted by Gasteiger charge is 2.14. The van der Waals surface area contributed by atoms with Crippen LogP contribution in [0.3, 0.4) is 0 Å². The van der Waals surface area contributed by atoms with Crippen LogP contribution >= 0.6 is 0 Å². The Morgan fingerprint density at radius 2 is 1.80 bits per heavy atom. The maximum absolute atomic E-state index is 12.5. The van der Waals surface area contributed by atoms with Crippen LogP contribution in [0.2, 0.25) is 0 Å². The lowest BCUT2D eigenvalue weighted by Gasteiger charge is -2.08. The summed E-state index contributed by atoms with van der Waals surface area (Å²) in [5, 5.41) is 6.96. The van der Waals surface area contributed by atoms with E-state index >= 15 is 0 Å². The first-order valence-corrected chi connectivity index (χ1v) is 11.0. The smallest absolute Gasteiger partial charge is 0.358 e. The molecule has 0 saturated heterocycles. The monoisotopic (exact) mass is 427 g/mol. The van der Waals surface area contributed by atoms with Crippen LogP contribution in [0, 0.1) is 0 Å². The van der Waals surface area contributed by atoms with Gasteiger partial charge in [-0.1, -0.05) is 13.0 Å². The van der Waals surface area contributed by atoms with E-state index in [0.29, 0.717) is 16.9 Å². The minimum atomic E-state index is -3.32. The van der Waals surface area contributed by atoms with E-state index in [1.165, 1.54) is 28.9 Å². The first-order valence-electron chi connectivity index (χ1n) is 9.31. The normalized spacial score (nSPS) is 11.1. The van der Waals surface area contributed by atoms with Gasteiger partial charge in [-0.05, 0) is 55.5 Å². The molecule has 8 nitrogen and oxygen atoms in total. The number of carbonyl (C=O) groups excluding carboxylic acids is 2. The number of benzene rings is 2. The minimum absolute atomic E-state index is 0.00333. The molecule has 0 atom stereocenters. The molecule has 0 spiro atoms. The summed E-state index contributed by atoms with van der Waals surface area (Å²) in [7, 11) is -3.32. The van der Waals surface area contributed by atoms with E-state index in [9.17, 15) is 18.0 Å². The van der Waals surface area contributed by atoms with Crippen LogP contribution in [-0.2, 0) is 14.6 Å². The van der Waals surface area contributed by atoms with Gasteiger partial charge in [0.1, 0.15) is 0 Å². The van der Waals surface area contributed by atoms with Gasteiger partial charge >= 0.3 is 5.97 Å². The molecule has 0 bridgehead atoms. The highest BCUT2D eigenvalue weighted by molar-refractivity contribution is 7.91. The van der Waals surface area contributed by atoms with Crippen LogP contribution in [0.25, 0.3) is 5.69 Å². The Kier molecular flexibility index (Phi) is 6.31. The summed E-state index contributed by atoms with van der Waals surface area (Å²) >= 11 is 0. The lowest BCUT2D eigenvalue weighted by molar-refractivity contribution is 0.0519. The highest BCUT2D eigenvalue weighted by Crippen LogP contribution is 2.17. The molecule has 0 saturated carbocycles. The van der Waals surface area contributed by atoms with Crippen molar-refractivity contribution in [3.8, 4) is 5.69 Å². The van der Waals surface area contributed by atoms with E-state index in [2.05, 4.69) is 10.4 Å². The molecule has 0 unspecified atom stereocenters. The summed E-state index contributed by atoms with van der Waals surface area (Å²) in [6, 6.07) is 14.3. The fourth-order valence-corrected chi connectivity index (χ4v) is 3.58. The van der Waals surface area contributed by atoms with Gasteiger partial charge in [-0.25, -0.2) is 17.9 Å². The number of hydrogen-bond acceptors (Lipinski definition) is 6. The van der Waals surface area contributed by atoms with Crippen LogP contribution in [0.5, 0.6) is 0 Å². The Morgan fingerprint density at radius 1 is 1.07 bits per heavy atom. The zero-order valence-corrected chi connectivity index (χ0v) is 17.3. The van der Waals surface area contributed by atoms with Crippen molar-refractivity contribution in [1.29, 1.82) is 0 Å². The molecule has 1 amide bonds. The molecule has 0 radical (unpaired) electrons. The summed E-state index contributed by atoms with van der Waals surface area (Å²) in [5.41, 5.74) is 1.69. The average Bonchev–Trinajstić information content (AvgIpc) is 3.25. The van der Waals surface area contributed by atoms with Gasteiger partial charge in [-0.15, -0.1) is 0 Å². The van der Waals surface area contributed by atoms with Crippen molar-refractivity contribution in [3.63, 3.8) is 0 Å². The molecule has 3 rings (SSSR count). The largest absolute Gasteiger partial charge is 0.461 e. The molecule has 30 heavy (non-hydrogen) atoms. The molecule has 156 valence electrons. The second-order valence-corrected chi connectivity index (χ2v) is 8.58. The highest BCUT2D eigenvalue weighted by atomic mass is 32.2. The number of anilines is 1. The van der Waals surface area contributed by atoms with Gasteiger partial charge in [0.05, 0.1) is 22.9 Å². The molecule has 2 aromatic carbocycles. The third-order valence-electron chi connectivity index (χ3n) is 4.30. The van der Waals surface area contributed by atoms with E-state index in [-0.39, 0.29) is 28.9 Å². The van der Waals surface area contributed by atoms with Crippen molar-refractivity contribution in [2.24, 2.45) is 0 Å². The fraction of sp³-hybridized carbons (Fsp3) is 0.190. The molecule has 3 aromatic rings. The molecule has 1 N–H and O–H groups in total. The van der Waals surface area contributed by atoms with Gasteiger partial charge in [-0.3, -0.25) is 4.79 Å². The maximum Gasteiger partial charge on any atom is 0.358 e. The van der Waals surface area contributed by atoms with Crippen LogP contribution in [-0.4, -0.2) is 42.4 Å². The Bertz CT molecular complexity index is 1170. The molecular weight excluding hydrogens is 406 g/mol. The minimum Gasteiger partial charge on any atom is -0.461 e. The zero-order valence-electron chi connectivity index (χ0n) is 16.5. The summed E-state index contributed by atoms with van der Waals surface area (Å²) in [6.07, 6.45) is 1.63. The molecular formula is C21H21N3O5S. The Hall–Kier alpha value is -3.46. The summed E-state index contributed by atoms with van der Waals surface area (Å²) in [6.45, 7) is 3.55. The number of sulfone groups is 1. The third kappa shape index (κ3) is 4.74. The van der Waals surface area contributed by atoms with E-state index in [4.69, 9.17) is 4.74 Å². The van der Waals surface area contributed by atoms with Crippen molar-refractivity contribution in [2.75, 3.05) is 17.7 Å². The maximum atomic E-state index is 12.5. The zero-order chi connectivity index (χ0) is 21.7. The van der Waals surface area contributed by atoms with Gasteiger partial charge in [0.2, 0.25) is 0 Å². The van der Waals surface area contributed by atoms with Crippen LogP contribution in [0.4, 0.5) is 5.69 Å². The van der Waals surface area contributed by atoms with E-state index < -0.39 is 15.8 Å². The lowest BCUT2D eigenvalue weighted by atomic mass is 10.2. The fourth-order valence-electron chi connectivity index (χ4n) is 2.69. The molecule has 0 fully saturated rings. The van der Waals surface area contributed by atoms with Crippen molar-refractivity contribution < 1.29 is 22.7 Å².